The molecule has 1 aromatic carbocycles. The zero-order chi connectivity index (χ0) is 13.3. The van der Waals surface area contributed by atoms with Gasteiger partial charge in [-0.3, -0.25) is 0 Å². The van der Waals surface area contributed by atoms with Crippen molar-refractivity contribution in [1.82, 2.24) is 9.88 Å². The van der Waals surface area contributed by atoms with Crippen molar-refractivity contribution >= 4 is 10.9 Å². The molecular formula is C13H15F3N2. The first kappa shape index (κ1) is 13.0. The van der Waals surface area contributed by atoms with Gasteiger partial charge in [0.05, 0.1) is 0 Å². The Labute approximate surface area is 103 Å². The van der Waals surface area contributed by atoms with Gasteiger partial charge in [0.15, 0.2) is 0 Å². The molecule has 0 saturated carbocycles. The second-order valence-corrected chi connectivity index (χ2v) is 4.25. The number of aromatic nitrogens is 1. The quantitative estimate of drug-likeness (QED) is 0.893. The average molecular weight is 256 g/mol. The lowest BCUT2D eigenvalue weighted by Crippen LogP contribution is -2.17. The van der Waals surface area contributed by atoms with Crippen LogP contribution < -0.4 is 5.32 Å². The van der Waals surface area contributed by atoms with Crippen LogP contribution in [-0.4, -0.2) is 18.2 Å². The summed E-state index contributed by atoms with van der Waals surface area (Å²) in [6, 6.07) is 6.98. The number of rotatable bonds is 3. The monoisotopic (exact) mass is 256 g/mol. The lowest BCUT2D eigenvalue weighted by Gasteiger charge is -2.11. The van der Waals surface area contributed by atoms with Crippen LogP contribution in [0.25, 0.3) is 10.9 Å². The zero-order valence-corrected chi connectivity index (χ0v) is 10.3. The van der Waals surface area contributed by atoms with Gasteiger partial charge in [-0.05, 0) is 31.6 Å². The second-order valence-electron chi connectivity index (χ2n) is 4.25. The maximum atomic E-state index is 13.1. The minimum absolute atomic E-state index is 0.368. The Kier molecular flexibility index (Phi) is 3.34. The average Bonchev–Trinajstić information content (AvgIpc) is 2.60. The van der Waals surface area contributed by atoms with E-state index < -0.39 is 11.9 Å². The Morgan fingerprint density at radius 3 is 2.50 bits per heavy atom. The van der Waals surface area contributed by atoms with E-state index in [1.165, 1.54) is 11.6 Å². The molecule has 0 atom stereocenters. The lowest BCUT2D eigenvalue weighted by atomic mass is 10.1. The molecule has 18 heavy (non-hydrogen) atoms. The number of fused-ring (bicyclic) bond motifs is 1. The van der Waals surface area contributed by atoms with Crippen molar-refractivity contribution in [3.05, 3.63) is 35.5 Å². The van der Waals surface area contributed by atoms with Crippen LogP contribution in [0.4, 0.5) is 13.2 Å². The molecule has 98 valence electrons. The van der Waals surface area contributed by atoms with E-state index in [0.29, 0.717) is 29.4 Å². The highest BCUT2D eigenvalue weighted by atomic mass is 19.4. The van der Waals surface area contributed by atoms with Gasteiger partial charge < -0.3 is 9.88 Å². The zero-order valence-electron chi connectivity index (χ0n) is 10.3. The van der Waals surface area contributed by atoms with Gasteiger partial charge in [0.25, 0.3) is 0 Å². The third-order valence-electron chi connectivity index (χ3n) is 3.11. The van der Waals surface area contributed by atoms with Crippen molar-refractivity contribution in [3.63, 3.8) is 0 Å². The molecular weight excluding hydrogens is 241 g/mol. The van der Waals surface area contributed by atoms with Gasteiger partial charge in [-0.15, -0.1) is 0 Å². The van der Waals surface area contributed by atoms with Crippen molar-refractivity contribution in [3.8, 4) is 0 Å². The van der Waals surface area contributed by atoms with Gasteiger partial charge in [-0.1, -0.05) is 18.2 Å². The Hall–Kier alpha value is -1.49. The fourth-order valence-corrected chi connectivity index (χ4v) is 2.34. The SMILES string of the molecule is CNCCc1c(C(F)(F)F)n(C)c2ccccc12. The van der Waals surface area contributed by atoms with E-state index in [9.17, 15) is 13.2 Å². The Morgan fingerprint density at radius 2 is 1.89 bits per heavy atom. The van der Waals surface area contributed by atoms with Crippen molar-refractivity contribution in [2.24, 2.45) is 7.05 Å². The number of para-hydroxylation sites is 1. The lowest BCUT2D eigenvalue weighted by molar-refractivity contribution is -0.143. The van der Waals surface area contributed by atoms with Gasteiger partial charge in [0, 0.05) is 18.0 Å². The van der Waals surface area contributed by atoms with E-state index in [2.05, 4.69) is 5.32 Å². The number of benzene rings is 1. The van der Waals surface area contributed by atoms with E-state index >= 15 is 0 Å². The molecule has 0 radical (unpaired) electrons. The van der Waals surface area contributed by atoms with Crippen LogP contribution >= 0.6 is 0 Å². The molecule has 2 aromatic rings. The molecule has 2 rings (SSSR count). The number of nitrogens with one attached hydrogen (secondary N) is 1. The number of alkyl halides is 3. The molecule has 5 heteroatoms. The van der Waals surface area contributed by atoms with Crippen molar-refractivity contribution in [2.75, 3.05) is 13.6 Å². The molecule has 0 aliphatic rings. The molecule has 0 fully saturated rings. The molecule has 2 nitrogen and oxygen atoms in total. The number of aryl methyl sites for hydroxylation is 1. The maximum Gasteiger partial charge on any atom is 0.431 e. The van der Waals surface area contributed by atoms with Crippen LogP contribution in [0.1, 0.15) is 11.3 Å². The van der Waals surface area contributed by atoms with Crippen LogP contribution in [0, 0.1) is 0 Å². The molecule has 0 aliphatic carbocycles. The molecule has 0 saturated heterocycles. The smallest absolute Gasteiger partial charge is 0.340 e. The summed E-state index contributed by atoms with van der Waals surface area (Å²) < 4.78 is 40.6. The van der Waals surface area contributed by atoms with Crippen molar-refractivity contribution in [1.29, 1.82) is 0 Å². The van der Waals surface area contributed by atoms with E-state index in [1.807, 2.05) is 0 Å². The molecule has 1 heterocycles. The van der Waals surface area contributed by atoms with Crippen molar-refractivity contribution in [2.45, 2.75) is 12.6 Å². The van der Waals surface area contributed by atoms with Crippen LogP contribution in [0.5, 0.6) is 0 Å². The van der Waals surface area contributed by atoms with Crippen LogP contribution in [0.2, 0.25) is 0 Å². The first-order valence-corrected chi connectivity index (χ1v) is 5.75. The van der Waals surface area contributed by atoms with Crippen LogP contribution in [-0.2, 0) is 19.6 Å². The third kappa shape index (κ3) is 2.10. The largest absolute Gasteiger partial charge is 0.431 e. The summed E-state index contributed by atoms with van der Waals surface area (Å²) in [5.41, 5.74) is 0.449. The molecule has 0 unspecified atom stereocenters. The summed E-state index contributed by atoms with van der Waals surface area (Å²) in [5, 5.41) is 3.58. The summed E-state index contributed by atoms with van der Waals surface area (Å²) >= 11 is 0. The van der Waals surface area contributed by atoms with E-state index in [-0.39, 0.29) is 0 Å². The normalized spacial score (nSPS) is 12.3. The first-order valence-electron chi connectivity index (χ1n) is 5.75. The summed E-state index contributed by atoms with van der Waals surface area (Å²) in [6.07, 6.45) is -3.95. The predicted octanol–water partition coefficient (Wildman–Crippen LogP) is 2.96. The van der Waals surface area contributed by atoms with Gasteiger partial charge in [0.2, 0.25) is 0 Å². The van der Waals surface area contributed by atoms with Crippen LogP contribution in [0.3, 0.4) is 0 Å². The minimum Gasteiger partial charge on any atom is -0.340 e. The van der Waals surface area contributed by atoms with Gasteiger partial charge in [0.1, 0.15) is 5.69 Å². The summed E-state index contributed by atoms with van der Waals surface area (Å²) in [4.78, 5) is 0. The fourth-order valence-electron chi connectivity index (χ4n) is 2.34. The molecule has 1 N–H and O–H groups in total. The van der Waals surface area contributed by atoms with E-state index in [0.717, 1.165) is 0 Å². The Bertz CT molecular complexity index is 555. The van der Waals surface area contributed by atoms with Crippen molar-refractivity contribution < 1.29 is 13.2 Å². The van der Waals surface area contributed by atoms with E-state index in [1.54, 1.807) is 31.3 Å². The third-order valence-corrected chi connectivity index (χ3v) is 3.11. The highest BCUT2D eigenvalue weighted by Crippen LogP contribution is 2.37. The maximum absolute atomic E-state index is 13.1. The standard InChI is InChI=1S/C13H15F3N2/c1-17-8-7-10-9-5-3-4-6-11(9)18(2)12(10)13(14,15)16/h3-6,17H,7-8H2,1-2H3. The first-order chi connectivity index (χ1) is 8.46. The summed E-state index contributed by atoms with van der Waals surface area (Å²) in [7, 11) is 3.20. The van der Waals surface area contributed by atoms with Gasteiger partial charge >= 0.3 is 6.18 Å². The highest BCUT2D eigenvalue weighted by Gasteiger charge is 2.37. The highest BCUT2D eigenvalue weighted by molar-refractivity contribution is 5.85. The number of halogens is 3. The number of hydrogen-bond acceptors (Lipinski definition) is 1. The Balaban J connectivity index is 2.69. The fraction of sp³-hybridized carbons (Fsp3) is 0.385. The second kappa shape index (κ2) is 4.65. The predicted molar refractivity (Wildman–Crippen MR) is 65.6 cm³/mol. The minimum atomic E-state index is -4.32. The summed E-state index contributed by atoms with van der Waals surface area (Å²) in [6.45, 7) is 0.525. The number of nitrogens with zero attached hydrogens (tertiary/aromatic N) is 1. The van der Waals surface area contributed by atoms with Crippen LogP contribution in [0.15, 0.2) is 24.3 Å². The molecule has 1 aromatic heterocycles. The topological polar surface area (TPSA) is 17.0 Å². The summed E-state index contributed by atoms with van der Waals surface area (Å²) in [5.74, 6) is 0. The van der Waals surface area contributed by atoms with E-state index in [4.69, 9.17) is 0 Å². The molecule has 0 amide bonds. The Morgan fingerprint density at radius 1 is 1.22 bits per heavy atom. The van der Waals surface area contributed by atoms with Gasteiger partial charge in [-0.2, -0.15) is 13.2 Å². The number of likely N-dealkylation sites (N-methyl/N-ethyl adjacent to an activating group) is 1. The molecule has 0 spiro atoms. The molecule has 0 aliphatic heterocycles. The molecule has 0 bridgehead atoms. The van der Waals surface area contributed by atoms with Gasteiger partial charge in [-0.25, -0.2) is 0 Å². The number of hydrogen-bond donors (Lipinski definition) is 1.